The van der Waals surface area contributed by atoms with Gasteiger partial charge in [0.2, 0.25) is 5.91 Å². The molecule has 26 heavy (non-hydrogen) atoms. The number of halogens is 1. The van der Waals surface area contributed by atoms with E-state index in [0.717, 1.165) is 4.31 Å². The van der Waals surface area contributed by atoms with Crippen LogP contribution in [0.2, 0.25) is 0 Å². The summed E-state index contributed by atoms with van der Waals surface area (Å²) < 4.78 is 27.6. The third-order valence-corrected chi connectivity index (χ3v) is 5.91. The van der Waals surface area contributed by atoms with Crippen molar-refractivity contribution in [3.05, 3.63) is 53.0 Å². The van der Waals surface area contributed by atoms with Crippen molar-refractivity contribution in [1.29, 1.82) is 0 Å². The van der Waals surface area contributed by atoms with Gasteiger partial charge in [0.05, 0.1) is 10.6 Å². The molecule has 0 aliphatic carbocycles. The molecule has 0 saturated carbocycles. The number of rotatable bonds is 6. The van der Waals surface area contributed by atoms with Crippen LogP contribution in [0.5, 0.6) is 0 Å². The van der Waals surface area contributed by atoms with Crippen molar-refractivity contribution in [3.8, 4) is 0 Å². The molecule has 0 heterocycles. The van der Waals surface area contributed by atoms with E-state index in [1.54, 1.807) is 12.1 Å². The number of carboxylic acids is 1. The molecule has 0 bridgehead atoms. The van der Waals surface area contributed by atoms with Crippen molar-refractivity contribution < 1.29 is 23.1 Å². The normalized spacial score (nSPS) is 12.3. The molecule has 0 aliphatic rings. The van der Waals surface area contributed by atoms with Gasteiger partial charge in [-0.3, -0.25) is 9.10 Å². The molecule has 1 atom stereocenters. The fraction of sp³-hybridized carbons (Fsp3) is 0.176. The third-order valence-electron chi connectivity index (χ3n) is 3.50. The second-order valence-electron chi connectivity index (χ2n) is 5.50. The Balaban J connectivity index is 2.52. The number of hydrogen-bond acceptors (Lipinski definition) is 4. The van der Waals surface area contributed by atoms with E-state index in [2.05, 4.69) is 21.2 Å². The highest BCUT2D eigenvalue weighted by atomic mass is 79.9. The van der Waals surface area contributed by atoms with Gasteiger partial charge in [-0.25, -0.2) is 13.2 Å². The topological polar surface area (TPSA) is 104 Å². The van der Waals surface area contributed by atoms with Crippen molar-refractivity contribution >= 4 is 49.2 Å². The number of nitrogens with one attached hydrogen (secondary N) is 1. The van der Waals surface area contributed by atoms with Crippen LogP contribution >= 0.6 is 15.9 Å². The minimum absolute atomic E-state index is 0.0836. The highest BCUT2D eigenvalue weighted by molar-refractivity contribution is 9.10. The maximum absolute atomic E-state index is 13.1. The van der Waals surface area contributed by atoms with Crippen LogP contribution in [0.1, 0.15) is 13.8 Å². The van der Waals surface area contributed by atoms with Gasteiger partial charge in [-0.05, 0) is 49.4 Å². The van der Waals surface area contributed by atoms with Crippen molar-refractivity contribution in [3.63, 3.8) is 0 Å². The molecule has 0 radical (unpaired) electrons. The lowest BCUT2D eigenvalue weighted by atomic mass is 10.2. The molecule has 2 rings (SSSR count). The van der Waals surface area contributed by atoms with Crippen molar-refractivity contribution in [1.82, 2.24) is 0 Å². The molecule has 2 aromatic rings. The lowest BCUT2D eigenvalue weighted by Crippen LogP contribution is -2.43. The Morgan fingerprint density at radius 2 is 1.77 bits per heavy atom. The second kappa shape index (κ2) is 7.88. The van der Waals surface area contributed by atoms with Gasteiger partial charge in [0, 0.05) is 17.1 Å². The zero-order valence-corrected chi connectivity index (χ0v) is 16.4. The summed E-state index contributed by atoms with van der Waals surface area (Å²) in [6.07, 6.45) is 0. The molecule has 2 aromatic carbocycles. The molecule has 0 aliphatic heterocycles. The van der Waals surface area contributed by atoms with Crippen LogP contribution in [0, 0.1) is 0 Å². The lowest BCUT2D eigenvalue weighted by molar-refractivity contribution is -0.137. The van der Waals surface area contributed by atoms with Crippen LogP contribution in [-0.4, -0.2) is 31.4 Å². The van der Waals surface area contributed by atoms with Crippen LogP contribution in [0.25, 0.3) is 0 Å². The number of anilines is 2. The Bertz CT molecular complexity index is 928. The monoisotopic (exact) mass is 440 g/mol. The van der Waals surface area contributed by atoms with E-state index in [1.807, 2.05) is 0 Å². The minimum Gasteiger partial charge on any atom is -0.480 e. The van der Waals surface area contributed by atoms with Crippen molar-refractivity contribution in [2.75, 3.05) is 9.62 Å². The standard InChI is InChI=1S/C17H17BrN2O5S/c1-11(17(22)23)20(15-5-3-4-13(18)10-15)26(24,25)16-8-6-14(7-9-16)19-12(2)21/h3-11H,1-2H3,(H,19,21)(H,22,23). The highest BCUT2D eigenvalue weighted by Gasteiger charge is 2.33. The molecular formula is C17H17BrN2O5S. The van der Waals surface area contributed by atoms with E-state index in [1.165, 1.54) is 50.2 Å². The molecule has 0 saturated heterocycles. The van der Waals surface area contributed by atoms with Gasteiger partial charge in [0.15, 0.2) is 0 Å². The number of carbonyl (C=O) groups is 2. The molecule has 1 amide bonds. The first-order chi connectivity index (χ1) is 12.1. The van der Waals surface area contributed by atoms with Gasteiger partial charge in [0.1, 0.15) is 6.04 Å². The maximum Gasteiger partial charge on any atom is 0.327 e. The van der Waals surface area contributed by atoms with Gasteiger partial charge in [-0.1, -0.05) is 22.0 Å². The molecule has 0 fully saturated rings. The average Bonchev–Trinajstić information content (AvgIpc) is 2.54. The van der Waals surface area contributed by atoms with E-state index in [4.69, 9.17) is 0 Å². The number of carbonyl (C=O) groups excluding carboxylic acids is 1. The number of aliphatic carboxylic acids is 1. The molecule has 0 spiro atoms. The zero-order valence-electron chi connectivity index (χ0n) is 14.0. The van der Waals surface area contributed by atoms with Crippen LogP contribution in [-0.2, 0) is 19.6 Å². The summed E-state index contributed by atoms with van der Waals surface area (Å²) >= 11 is 3.26. The smallest absolute Gasteiger partial charge is 0.327 e. The first-order valence-electron chi connectivity index (χ1n) is 7.53. The van der Waals surface area contributed by atoms with Crippen LogP contribution in [0.15, 0.2) is 57.9 Å². The first-order valence-corrected chi connectivity index (χ1v) is 9.76. The van der Waals surface area contributed by atoms with E-state index >= 15 is 0 Å². The Morgan fingerprint density at radius 3 is 2.27 bits per heavy atom. The minimum atomic E-state index is -4.14. The summed E-state index contributed by atoms with van der Waals surface area (Å²) in [5.74, 6) is -1.56. The largest absolute Gasteiger partial charge is 0.480 e. The van der Waals surface area contributed by atoms with E-state index < -0.39 is 22.0 Å². The highest BCUT2D eigenvalue weighted by Crippen LogP contribution is 2.29. The second-order valence-corrected chi connectivity index (χ2v) is 8.23. The number of carboxylic acid groups (broad SMARTS) is 1. The summed E-state index contributed by atoms with van der Waals surface area (Å²) in [7, 11) is -4.14. The van der Waals surface area contributed by atoms with Gasteiger partial charge in [-0.2, -0.15) is 0 Å². The molecule has 1 unspecified atom stereocenters. The zero-order chi connectivity index (χ0) is 19.5. The Morgan fingerprint density at radius 1 is 1.15 bits per heavy atom. The lowest BCUT2D eigenvalue weighted by Gasteiger charge is -2.28. The number of hydrogen-bond donors (Lipinski definition) is 2. The van der Waals surface area contributed by atoms with Crippen LogP contribution in [0.4, 0.5) is 11.4 Å². The summed E-state index contributed by atoms with van der Waals surface area (Å²) in [6, 6.07) is 10.6. The summed E-state index contributed by atoms with van der Waals surface area (Å²) in [5.41, 5.74) is 0.664. The van der Waals surface area contributed by atoms with E-state index in [0.29, 0.717) is 10.2 Å². The third kappa shape index (κ3) is 4.41. The quantitative estimate of drug-likeness (QED) is 0.717. The predicted molar refractivity (Wildman–Crippen MR) is 102 cm³/mol. The first kappa shape index (κ1) is 19.9. The number of amides is 1. The average molecular weight is 441 g/mol. The van der Waals surface area contributed by atoms with Crippen LogP contribution in [0.3, 0.4) is 0 Å². The summed E-state index contributed by atoms with van der Waals surface area (Å²) in [4.78, 5) is 22.5. The maximum atomic E-state index is 13.1. The van der Waals surface area contributed by atoms with E-state index in [-0.39, 0.29) is 16.5 Å². The van der Waals surface area contributed by atoms with Crippen LogP contribution < -0.4 is 9.62 Å². The Labute approximate surface area is 159 Å². The van der Waals surface area contributed by atoms with Gasteiger partial charge < -0.3 is 10.4 Å². The van der Waals surface area contributed by atoms with E-state index in [9.17, 15) is 23.1 Å². The molecule has 9 heteroatoms. The number of benzene rings is 2. The SMILES string of the molecule is CC(=O)Nc1ccc(S(=O)(=O)N(c2cccc(Br)c2)C(C)C(=O)O)cc1. The number of sulfonamides is 1. The fourth-order valence-corrected chi connectivity index (χ4v) is 4.30. The predicted octanol–water partition coefficient (Wildman–Crippen LogP) is 3.08. The molecule has 7 nitrogen and oxygen atoms in total. The Hall–Kier alpha value is -2.39. The van der Waals surface area contributed by atoms with Gasteiger partial charge in [-0.15, -0.1) is 0 Å². The summed E-state index contributed by atoms with van der Waals surface area (Å²) in [5, 5.41) is 11.9. The molecular weight excluding hydrogens is 424 g/mol. The number of nitrogens with zero attached hydrogens (tertiary/aromatic N) is 1. The van der Waals surface area contributed by atoms with Crippen molar-refractivity contribution in [2.24, 2.45) is 0 Å². The van der Waals surface area contributed by atoms with Crippen molar-refractivity contribution in [2.45, 2.75) is 24.8 Å². The molecule has 138 valence electrons. The Kier molecular flexibility index (Phi) is 6.04. The van der Waals surface area contributed by atoms with Gasteiger partial charge >= 0.3 is 5.97 Å². The fourth-order valence-electron chi connectivity index (χ4n) is 2.31. The van der Waals surface area contributed by atoms with Gasteiger partial charge in [0.25, 0.3) is 10.0 Å². The summed E-state index contributed by atoms with van der Waals surface area (Å²) in [6.45, 7) is 2.64. The molecule has 0 aromatic heterocycles. The molecule has 2 N–H and O–H groups in total.